The highest BCUT2D eigenvalue weighted by Gasteiger charge is 2.13. The van der Waals surface area contributed by atoms with Gasteiger partial charge in [0, 0.05) is 25.8 Å². The van der Waals surface area contributed by atoms with Crippen LogP contribution in [0.25, 0.3) is 0 Å². The smallest absolute Gasteiger partial charge is 0.255 e. The number of nitrogens with one attached hydrogen (secondary N) is 1. The molecule has 0 aliphatic rings. The number of benzene rings is 1. The molecular weight excluding hydrogens is 200 g/mol. The second-order valence-electron chi connectivity index (χ2n) is 3.80. The summed E-state index contributed by atoms with van der Waals surface area (Å²) in [6, 6.07) is 7.64. The molecule has 0 bridgehead atoms. The maximum atomic E-state index is 12.1. The molecule has 1 amide bonds. The fourth-order valence-electron chi connectivity index (χ4n) is 1.66. The maximum Gasteiger partial charge on any atom is 0.255 e. The predicted molar refractivity (Wildman–Crippen MR) is 67.9 cm³/mol. The third kappa shape index (κ3) is 2.99. The summed E-state index contributed by atoms with van der Waals surface area (Å²) in [5, 5.41) is 3.21. The molecule has 1 aromatic rings. The summed E-state index contributed by atoms with van der Waals surface area (Å²) >= 11 is 0. The van der Waals surface area contributed by atoms with Crippen LogP contribution in [0.5, 0.6) is 0 Å². The van der Waals surface area contributed by atoms with Crippen molar-refractivity contribution in [2.24, 2.45) is 0 Å². The number of amides is 1. The van der Waals surface area contributed by atoms with Gasteiger partial charge in [-0.15, -0.1) is 0 Å². The van der Waals surface area contributed by atoms with Crippen LogP contribution in [0.3, 0.4) is 0 Å². The van der Waals surface area contributed by atoms with Crippen LogP contribution in [0.15, 0.2) is 24.3 Å². The topological polar surface area (TPSA) is 32.3 Å². The van der Waals surface area contributed by atoms with Crippen LogP contribution in [0.2, 0.25) is 0 Å². The summed E-state index contributed by atoms with van der Waals surface area (Å²) < 4.78 is 0. The van der Waals surface area contributed by atoms with Crippen LogP contribution < -0.4 is 5.32 Å². The highest BCUT2D eigenvalue weighted by Crippen LogP contribution is 2.16. The van der Waals surface area contributed by atoms with Gasteiger partial charge in [0.25, 0.3) is 5.91 Å². The lowest BCUT2D eigenvalue weighted by atomic mass is 10.1. The zero-order valence-corrected chi connectivity index (χ0v) is 10.3. The largest absolute Gasteiger partial charge is 0.385 e. The third-order valence-corrected chi connectivity index (χ3v) is 2.43. The molecule has 0 aliphatic heterocycles. The molecule has 0 fully saturated rings. The van der Waals surface area contributed by atoms with Crippen LogP contribution in [0.1, 0.15) is 30.6 Å². The SMILES string of the molecule is CCCN(C)C(=O)c1ccccc1NCC. The van der Waals surface area contributed by atoms with E-state index in [4.69, 9.17) is 0 Å². The standard InChI is InChI=1S/C13H20N2O/c1-4-10-15(3)13(16)11-8-6-7-9-12(11)14-5-2/h6-9,14H,4-5,10H2,1-3H3. The molecule has 0 heterocycles. The summed E-state index contributed by atoms with van der Waals surface area (Å²) in [6.45, 7) is 5.71. The molecule has 0 spiro atoms. The molecule has 0 unspecified atom stereocenters. The quantitative estimate of drug-likeness (QED) is 0.827. The van der Waals surface area contributed by atoms with Gasteiger partial charge in [-0.25, -0.2) is 0 Å². The van der Waals surface area contributed by atoms with Gasteiger partial charge in [0.05, 0.1) is 5.56 Å². The number of hydrogen-bond donors (Lipinski definition) is 1. The lowest BCUT2D eigenvalue weighted by molar-refractivity contribution is 0.0796. The minimum Gasteiger partial charge on any atom is -0.385 e. The molecule has 0 aromatic heterocycles. The van der Waals surface area contributed by atoms with E-state index in [1.807, 2.05) is 38.2 Å². The molecule has 0 atom stereocenters. The molecule has 16 heavy (non-hydrogen) atoms. The number of para-hydroxylation sites is 1. The van der Waals surface area contributed by atoms with Gasteiger partial charge < -0.3 is 10.2 Å². The Bertz CT molecular complexity index is 350. The first-order chi connectivity index (χ1) is 7.70. The summed E-state index contributed by atoms with van der Waals surface area (Å²) in [5.41, 5.74) is 1.67. The summed E-state index contributed by atoms with van der Waals surface area (Å²) in [4.78, 5) is 13.9. The molecular formula is C13H20N2O. The Balaban J connectivity index is 2.89. The van der Waals surface area contributed by atoms with E-state index in [-0.39, 0.29) is 5.91 Å². The minimum absolute atomic E-state index is 0.0819. The van der Waals surface area contributed by atoms with E-state index in [1.165, 1.54) is 0 Å². The predicted octanol–water partition coefficient (Wildman–Crippen LogP) is 2.60. The molecule has 1 rings (SSSR count). The average molecular weight is 220 g/mol. The zero-order chi connectivity index (χ0) is 12.0. The third-order valence-electron chi connectivity index (χ3n) is 2.43. The van der Waals surface area contributed by atoms with E-state index in [9.17, 15) is 4.79 Å². The number of hydrogen-bond acceptors (Lipinski definition) is 2. The molecule has 0 saturated carbocycles. The number of nitrogens with zero attached hydrogens (tertiary/aromatic N) is 1. The van der Waals surface area contributed by atoms with Gasteiger partial charge >= 0.3 is 0 Å². The van der Waals surface area contributed by atoms with Crippen LogP contribution >= 0.6 is 0 Å². The van der Waals surface area contributed by atoms with Crippen LogP contribution in [0, 0.1) is 0 Å². The van der Waals surface area contributed by atoms with Crippen molar-refractivity contribution < 1.29 is 4.79 Å². The number of carbonyl (C=O) groups excluding carboxylic acids is 1. The van der Waals surface area contributed by atoms with Crippen molar-refractivity contribution in [1.82, 2.24) is 4.90 Å². The zero-order valence-electron chi connectivity index (χ0n) is 10.3. The molecule has 3 heteroatoms. The van der Waals surface area contributed by atoms with Crippen LogP contribution in [-0.4, -0.2) is 30.9 Å². The van der Waals surface area contributed by atoms with E-state index < -0.39 is 0 Å². The Hall–Kier alpha value is -1.51. The first kappa shape index (κ1) is 12.6. The van der Waals surface area contributed by atoms with Crippen molar-refractivity contribution in [2.75, 3.05) is 25.5 Å². The van der Waals surface area contributed by atoms with Gasteiger partial charge in [-0.2, -0.15) is 0 Å². The van der Waals surface area contributed by atoms with Gasteiger partial charge in [-0.05, 0) is 25.5 Å². The molecule has 0 saturated heterocycles. The molecule has 1 aromatic carbocycles. The first-order valence-electron chi connectivity index (χ1n) is 5.79. The van der Waals surface area contributed by atoms with E-state index in [0.29, 0.717) is 0 Å². The Morgan fingerprint density at radius 3 is 2.62 bits per heavy atom. The second-order valence-corrected chi connectivity index (χ2v) is 3.80. The van der Waals surface area contributed by atoms with Crippen molar-refractivity contribution >= 4 is 11.6 Å². The van der Waals surface area contributed by atoms with Gasteiger partial charge in [0.1, 0.15) is 0 Å². The first-order valence-corrected chi connectivity index (χ1v) is 5.79. The highest BCUT2D eigenvalue weighted by atomic mass is 16.2. The van der Waals surface area contributed by atoms with E-state index in [0.717, 1.165) is 30.8 Å². The van der Waals surface area contributed by atoms with Crippen molar-refractivity contribution in [3.63, 3.8) is 0 Å². The van der Waals surface area contributed by atoms with Gasteiger partial charge in [-0.3, -0.25) is 4.79 Å². The molecule has 88 valence electrons. The second kappa shape index (κ2) is 6.16. The Morgan fingerprint density at radius 1 is 1.31 bits per heavy atom. The lowest BCUT2D eigenvalue weighted by Gasteiger charge is -2.18. The molecule has 0 aliphatic carbocycles. The maximum absolute atomic E-state index is 12.1. The fraction of sp³-hybridized carbons (Fsp3) is 0.462. The summed E-state index contributed by atoms with van der Waals surface area (Å²) in [5.74, 6) is 0.0819. The van der Waals surface area contributed by atoms with E-state index in [2.05, 4.69) is 12.2 Å². The van der Waals surface area contributed by atoms with Crippen molar-refractivity contribution in [3.8, 4) is 0 Å². The monoisotopic (exact) mass is 220 g/mol. The Kier molecular flexibility index (Phi) is 4.83. The van der Waals surface area contributed by atoms with Crippen molar-refractivity contribution in [2.45, 2.75) is 20.3 Å². The van der Waals surface area contributed by atoms with Gasteiger partial charge in [-0.1, -0.05) is 19.1 Å². The molecule has 0 radical (unpaired) electrons. The van der Waals surface area contributed by atoms with Crippen LogP contribution in [-0.2, 0) is 0 Å². The van der Waals surface area contributed by atoms with Crippen molar-refractivity contribution in [3.05, 3.63) is 29.8 Å². The Labute approximate surface area is 97.5 Å². The normalized spacial score (nSPS) is 9.94. The number of rotatable bonds is 5. The van der Waals surface area contributed by atoms with E-state index >= 15 is 0 Å². The summed E-state index contributed by atoms with van der Waals surface area (Å²) in [7, 11) is 1.84. The number of anilines is 1. The lowest BCUT2D eigenvalue weighted by Crippen LogP contribution is -2.28. The number of carbonyl (C=O) groups is 1. The highest BCUT2D eigenvalue weighted by molar-refractivity contribution is 5.99. The minimum atomic E-state index is 0.0819. The Morgan fingerprint density at radius 2 is 2.00 bits per heavy atom. The fourth-order valence-corrected chi connectivity index (χ4v) is 1.66. The average Bonchev–Trinajstić information content (AvgIpc) is 2.29. The van der Waals surface area contributed by atoms with Crippen molar-refractivity contribution in [1.29, 1.82) is 0 Å². The van der Waals surface area contributed by atoms with Crippen LogP contribution in [0.4, 0.5) is 5.69 Å². The molecule has 1 N–H and O–H groups in total. The van der Waals surface area contributed by atoms with Gasteiger partial charge in [0.2, 0.25) is 0 Å². The summed E-state index contributed by atoms with van der Waals surface area (Å²) in [6.07, 6.45) is 0.978. The van der Waals surface area contributed by atoms with Gasteiger partial charge in [0.15, 0.2) is 0 Å². The molecule has 3 nitrogen and oxygen atoms in total. The van der Waals surface area contributed by atoms with E-state index in [1.54, 1.807) is 4.90 Å².